The van der Waals surface area contributed by atoms with Gasteiger partial charge < -0.3 is 4.18 Å². The van der Waals surface area contributed by atoms with Crippen LogP contribution in [-0.4, -0.2) is 17.4 Å². The van der Waals surface area contributed by atoms with E-state index in [0.717, 1.165) is 10.5 Å². The number of benzene rings is 2. The van der Waals surface area contributed by atoms with Crippen LogP contribution in [0.5, 0.6) is 0 Å². The Hall–Kier alpha value is -1.14. The Kier molecular flexibility index (Phi) is 7.12. The fourth-order valence-electron chi connectivity index (χ4n) is 1.67. The Balaban J connectivity index is 1.60. The first-order valence-corrected chi connectivity index (χ1v) is 8.94. The summed E-state index contributed by atoms with van der Waals surface area (Å²) in [6.45, 7) is 5.02. The van der Waals surface area contributed by atoms with Crippen LogP contribution in [0, 0.1) is 13.8 Å². The summed E-state index contributed by atoms with van der Waals surface area (Å²) < 4.78 is 22.7. The normalized spacial score (nSPS) is 12.3. The Morgan fingerprint density at radius 2 is 1.50 bits per heavy atom. The third-order valence-electron chi connectivity index (χ3n) is 2.95. The van der Waals surface area contributed by atoms with E-state index in [0.29, 0.717) is 24.5 Å². The lowest BCUT2D eigenvalue weighted by atomic mass is 10.2. The topological polar surface area (TPSA) is 35.5 Å². The van der Waals surface area contributed by atoms with Crippen molar-refractivity contribution in [2.45, 2.75) is 30.1 Å². The summed E-state index contributed by atoms with van der Waals surface area (Å²) in [7, 11) is 0. The van der Waals surface area contributed by atoms with Crippen molar-refractivity contribution in [1.82, 2.24) is 0 Å². The molecule has 0 aliphatic rings. The van der Waals surface area contributed by atoms with Gasteiger partial charge in [0.25, 0.3) is 0 Å². The highest BCUT2D eigenvalue weighted by molar-refractivity contribution is 7.94. The third kappa shape index (κ3) is 5.93. The molecule has 1 atom stereocenters. The van der Waals surface area contributed by atoms with E-state index >= 15 is 0 Å². The minimum Gasteiger partial charge on any atom is -0.310 e. The molecule has 0 bridgehead atoms. The van der Waals surface area contributed by atoms with Gasteiger partial charge in [0.05, 0.1) is 18.1 Å². The van der Waals surface area contributed by atoms with Gasteiger partial charge in [0.2, 0.25) is 0 Å². The van der Waals surface area contributed by atoms with Crippen molar-refractivity contribution in [3.05, 3.63) is 59.7 Å². The van der Waals surface area contributed by atoms with E-state index in [9.17, 15) is 4.21 Å². The second-order valence-corrected chi connectivity index (χ2v) is 6.99. The van der Waals surface area contributed by atoms with Gasteiger partial charge in [-0.3, -0.25) is 4.18 Å². The maximum atomic E-state index is 11.9. The van der Waals surface area contributed by atoms with Crippen molar-refractivity contribution >= 4 is 23.1 Å². The van der Waals surface area contributed by atoms with E-state index in [-0.39, 0.29) is 0 Å². The largest absolute Gasteiger partial charge is 0.310 e. The van der Waals surface area contributed by atoms with Gasteiger partial charge in [-0.2, -0.15) is 0 Å². The molecule has 3 nitrogen and oxygen atoms in total. The summed E-state index contributed by atoms with van der Waals surface area (Å²) in [5, 5.41) is 0. The van der Waals surface area contributed by atoms with E-state index in [1.165, 1.54) is 17.6 Å². The quantitative estimate of drug-likeness (QED) is 0.527. The fourth-order valence-corrected chi connectivity index (χ4v) is 3.02. The standard InChI is InChI=1S/C17H20O3S2/c1-14-4-8-16(9-5-14)21-19-12-3-13-20-22(18)17-10-6-15(2)7-11-17/h4-11H,3,12-13H2,1-2H3. The zero-order valence-electron chi connectivity index (χ0n) is 12.8. The van der Waals surface area contributed by atoms with Crippen LogP contribution < -0.4 is 0 Å². The molecule has 0 N–H and O–H groups in total. The zero-order chi connectivity index (χ0) is 15.8. The monoisotopic (exact) mass is 336 g/mol. The average Bonchev–Trinajstić information content (AvgIpc) is 2.53. The number of hydrogen-bond donors (Lipinski definition) is 0. The lowest BCUT2D eigenvalue weighted by Gasteiger charge is -2.05. The molecule has 22 heavy (non-hydrogen) atoms. The Morgan fingerprint density at radius 1 is 0.909 bits per heavy atom. The van der Waals surface area contributed by atoms with Crippen LogP contribution in [0.2, 0.25) is 0 Å². The molecule has 0 amide bonds. The smallest absolute Gasteiger partial charge is 0.189 e. The lowest BCUT2D eigenvalue weighted by molar-refractivity contribution is 0.284. The van der Waals surface area contributed by atoms with Crippen molar-refractivity contribution in [3.63, 3.8) is 0 Å². The number of rotatable bonds is 8. The van der Waals surface area contributed by atoms with Crippen LogP contribution in [-0.2, 0) is 19.4 Å². The Bertz CT molecular complexity index is 594. The molecule has 0 aliphatic carbocycles. The molecule has 0 aromatic heterocycles. The van der Waals surface area contributed by atoms with Crippen LogP contribution >= 0.6 is 12.0 Å². The minimum atomic E-state index is -1.40. The molecule has 0 aliphatic heterocycles. The summed E-state index contributed by atoms with van der Waals surface area (Å²) in [5.74, 6) is 0. The van der Waals surface area contributed by atoms with Crippen molar-refractivity contribution in [2.75, 3.05) is 13.2 Å². The second-order valence-electron chi connectivity index (χ2n) is 4.94. The summed E-state index contributed by atoms with van der Waals surface area (Å²) in [4.78, 5) is 1.77. The van der Waals surface area contributed by atoms with Crippen molar-refractivity contribution in [1.29, 1.82) is 0 Å². The van der Waals surface area contributed by atoms with Crippen molar-refractivity contribution in [3.8, 4) is 0 Å². The molecule has 0 spiro atoms. The SMILES string of the molecule is Cc1ccc(SOCCCOS(=O)c2ccc(C)cc2)cc1. The molecule has 5 heteroatoms. The van der Waals surface area contributed by atoms with Gasteiger partial charge in [0, 0.05) is 16.9 Å². The summed E-state index contributed by atoms with van der Waals surface area (Å²) in [6.07, 6.45) is 0.705. The first-order chi connectivity index (χ1) is 10.6. The molecule has 0 radical (unpaired) electrons. The maximum Gasteiger partial charge on any atom is 0.189 e. The van der Waals surface area contributed by atoms with Crippen LogP contribution in [0.25, 0.3) is 0 Å². The van der Waals surface area contributed by atoms with Gasteiger partial charge >= 0.3 is 0 Å². The van der Waals surface area contributed by atoms with Gasteiger partial charge in [-0.1, -0.05) is 35.4 Å². The highest BCUT2D eigenvalue weighted by Gasteiger charge is 2.04. The lowest BCUT2D eigenvalue weighted by Crippen LogP contribution is -2.02. The predicted molar refractivity (Wildman–Crippen MR) is 91.1 cm³/mol. The second kappa shape index (κ2) is 9.10. The van der Waals surface area contributed by atoms with E-state index in [2.05, 4.69) is 19.1 Å². The summed E-state index contributed by atoms with van der Waals surface area (Å²) in [5.41, 5.74) is 2.37. The van der Waals surface area contributed by atoms with E-state index in [1.807, 2.05) is 43.3 Å². The highest BCUT2D eigenvalue weighted by atomic mass is 32.2. The Morgan fingerprint density at radius 3 is 2.14 bits per heavy atom. The predicted octanol–water partition coefficient (Wildman–Crippen LogP) is 4.46. The Labute approximate surface area is 138 Å². The van der Waals surface area contributed by atoms with Gasteiger partial charge in [-0.05, 0) is 44.5 Å². The molecule has 2 aromatic carbocycles. The molecule has 2 rings (SSSR count). The van der Waals surface area contributed by atoms with Crippen LogP contribution in [0.3, 0.4) is 0 Å². The third-order valence-corrected chi connectivity index (χ3v) is 4.74. The molecule has 0 saturated carbocycles. The van der Waals surface area contributed by atoms with Crippen molar-refractivity contribution in [2.24, 2.45) is 0 Å². The van der Waals surface area contributed by atoms with Gasteiger partial charge in [-0.25, -0.2) is 4.21 Å². The first-order valence-electron chi connectivity index (χ1n) is 7.13. The molecule has 0 fully saturated rings. The van der Waals surface area contributed by atoms with E-state index in [4.69, 9.17) is 8.37 Å². The van der Waals surface area contributed by atoms with Crippen LogP contribution in [0.1, 0.15) is 17.5 Å². The molecule has 0 saturated heterocycles. The summed E-state index contributed by atoms with van der Waals surface area (Å²) in [6, 6.07) is 15.7. The minimum absolute atomic E-state index is 0.412. The zero-order valence-corrected chi connectivity index (χ0v) is 14.4. The van der Waals surface area contributed by atoms with E-state index < -0.39 is 11.1 Å². The van der Waals surface area contributed by atoms with E-state index in [1.54, 1.807) is 0 Å². The molecular weight excluding hydrogens is 316 g/mol. The fraction of sp³-hybridized carbons (Fsp3) is 0.294. The molecular formula is C17H20O3S2. The number of hydrogen-bond acceptors (Lipinski definition) is 4. The molecule has 118 valence electrons. The number of aryl methyl sites for hydroxylation is 2. The molecule has 1 unspecified atom stereocenters. The summed E-state index contributed by atoms with van der Waals surface area (Å²) >= 11 is -0.0436. The van der Waals surface area contributed by atoms with Crippen LogP contribution in [0.15, 0.2) is 58.3 Å². The highest BCUT2D eigenvalue weighted by Crippen LogP contribution is 2.19. The van der Waals surface area contributed by atoms with Crippen LogP contribution in [0.4, 0.5) is 0 Å². The molecule has 2 aromatic rings. The van der Waals surface area contributed by atoms with Gasteiger partial charge in [0.15, 0.2) is 11.1 Å². The van der Waals surface area contributed by atoms with Crippen molar-refractivity contribution < 1.29 is 12.6 Å². The first kappa shape index (κ1) is 17.2. The average molecular weight is 336 g/mol. The molecule has 0 heterocycles. The van der Waals surface area contributed by atoms with Gasteiger partial charge in [-0.15, -0.1) is 0 Å². The maximum absolute atomic E-state index is 11.9. The van der Waals surface area contributed by atoms with Gasteiger partial charge in [0.1, 0.15) is 0 Å².